The van der Waals surface area contributed by atoms with Crippen molar-refractivity contribution in [3.63, 3.8) is 0 Å². The number of rotatable bonds is 7. The molecule has 0 bridgehead atoms. The second kappa shape index (κ2) is 9.62. The molecule has 0 saturated carbocycles. The molecule has 0 radical (unpaired) electrons. The Labute approximate surface area is 147 Å². The van der Waals surface area contributed by atoms with Crippen molar-refractivity contribution < 1.29 is 9.90 Å². The molecule has 140 valence electrons. The third-order valence-corrected chi connectivity index (χ3v) is 6.25. The lowest BCUT2D eigenvalue weighted by Crippen LogP contribution is -2.48. The van der Waals surface area contributed by atoms with Gasteiger partial charge in [-0.2, -0.15) is 0 Å². The highest BCUT2D eigenvalue weighted by molar-refractivity contribution is 5.74. The number of aliphatic hydroxyl groups excluding tert-OH is 1. The fourth-order valence-corrected chi connectivity index (χ4v) is 3.86. The van der Waals surface area contributed by atoms with E-state index in [4.69, 9.17) is 0 Å². The molecule has 0 aromatic heterocycles. The number of aliphatic hydroxyl groups is 1. The fourth-order valence-electron chi connectivity index (χ4n) is 3.86. The van der Waals surface area contributed by atoms with E-state index in [1.54, 1.807) is 0 Å². The summed E-state index contributed by atoms with van der Waals surface area (Å²) in [6, 6.07) is 0.0736. The van der Waals surface area contributed by atoms with Gasteiger partial charge in [0.1, 0.15) is 0 Å². The van der Waals surface area contributed by atoms with Crippen LogP contribution in [0.2, 0.25) is 0 Å². The molecule has 2 saturated heterocycles. The summed E-state index contributed by atoms with van der Waals surface area (Å²) in [5.41, 5.74) is 0.0444. The number of unbranched alkanes of at least 4 members (excludes halogenated alkanes) is 1. The number of carbonyl (C=O) groups is 1. The smallest absolute Gasteiger partial charge is 0.317 e. The zero-order valence-electron chi connectivity index (χ0n) is 15.7. The highest BCUT2D eigenvalue weighted by Crippen LogP contribution is 2.34. The van der Waals surface area contributed by atoms with Crippen LogP contribution in [0, 0.1) is 11.3 Å². The van der Waals surface area contributed by atoms with E-state index in [2.05, 4.69) is 24.1 Å². The summed E-state index contributed by atoms with van der Waals surface area (Å²) >= 11 is 0. The van der Waals surface area contributed by atoms with Gasteiger partial charge < -0.3 is 20.2 Å². The predicted molar refractivity (Wildman–Crippen MR) is 98.1 cm³/mol. The van der Waals surface area contributed by atoms with Crippen LogP contribution in [-0.4, -0.2) is 66.8 Å². The van der Waals surface area contributed by atoms with Gasteiger partial charge in [0.2, 0.25) is 0 Å². The van der Waals surface area contributed by atoms with Gasteiger partial charge in [-0.1, -0.05) is 13.8 Å². The molecule has 2 aliphatic heterocycles. The molecule has 2 aliphatic rings. The van der Waals surface area contributed by atoms with E-state index < -0.39 is 0 Å². The lowest BCUT2D eigenvalue weighted by molar-refractivity contribution is 0.0520. The normalized spacial score (nSPS) is 22.5. The zero-order valence-corrected chi connectivity index (χ0v) is 15.7. The fraction of sp³-hybridized carbons (Fsp3) is 0.947. The number of amides is 2. The highest BCUT2D eigenvalue weighted by Gasteiger charge is 2.33. The van der Waals surface area contributed by atoms with Crippen molar-refractivity contribution in [2.75, 3.05) is 45.9 Å². The van der Waals surface area contributed by atoms with E-state index >= 15 is 0 Å². The third-order valence-electron chi connectivity index (χ3n) is 6.25. The van der Waals surface area contributed by atoms with Crippen molar-refractivity contribution in [1.29, 1.82) is 0 Å². The summed E-state index contributed by atoms with van der Waals surface area (Å²) in [4.78, 5) is 16.7. The minimum Gasteiger partial charge on any atom is -0.396 e. The molecule has 0 spiro atoms. The first kappa shape index (κ1) is 19.5. The van der Waals surface area contributed by atoms with E-state index in [1.165, 1.54) is 32.5 Å². The molecule has 0 aromatic rings. The van der Waals surface area contributed by atoms with Crippen LogP contribution in [0.15, 0.2) is 0 Å². The molecule has 5 heteroatoms. The zero-order chi connectivity index (χ0) is 17.4. The van der Waals surface area contributed by atoms with E-state index in [0.29, 0.717) is 0 Å². The molecule has 0 unspecified atom stereocenters. The average molecular weight is 340 g/mol. The minimum atomic E-state index is 0.0444. The Morgan fingerprint density at radius 2 is 1.83 bits per heavy atom. The summed E-state index contributed by atoms with van der Waals surface area (Å²) in [6.45, 7) is 10.7. The number of nitrogens with zero attached hydrogens (tertiary/aromatic N) is 2. The van der Waals surface area contributed by atoms with Gasteiger partial charge >= 0.3 is 6.03 Å². The van der Waals surface area contributed by atoms with E-state index in [1.807, 2.05) is 4.90 Å². The standard InChI is InChI=1S/C19H37N3O2/c1-3-19(16-23)8-14-22(15-9-19)18(24)20-10-4-5-11-21-12-6-17(2)7-13-21/h17,23H,3-16H2,1-2H3,(H,20,24). The summed E-state index contributed by atoms with van der Waals surface area (Å²) in [5, 5.41) is 12.6. The lowest BCUT2D eigenvalue weighted by Gasteiger charge is -2.40. The number of hydrogen-bond acceptors (Lipinski definition) is 3. The first-order valence-electron chi connectivity index (χ1n) is 9.94. The number of urea groups is 1. The van der Waals surface area contributed by atoms with Crippen LogP contribution in [0.4, 0.5) is 4.79 Å². The molecule has 2 fully saturated rings. The number of nitrogens with one attached hydrogen (secondary N) is 1. The molecule has 2 N–H and O–H groups in total. The van der Waals surface area contributed by atoms with Gasteiger partial charge in [-0.3, -0.25) is 0 Å². The maximum atomic E-state index is 12.2. The first-order valence-corrected chi connectivity index (χ1v) is 9.94. The van der Waals surface area contributed by atoms with Crippen LogP contribution in [0.5, 0.6) is 0 Å². The summed E-state index contributed by atoms with van der Waals surface area (Å²) in [6.07, 6.45) is 7.71. The third kappa shape index (κ3) is 5.62. The largest absolute Gasteiger partial charge is 0.396 e. The Kier molecular flexibility index (Phi) is 7.82. The van der Waals surface area contributed by atoms with Gasteiger partial charge in [0.05, 0.1) is 0 Å². The SMILES string of the molecule is CCC1(CO)CCN(C(=O)NCCCCN2CCC(C)CC2)CC1. The second-order valence-electron chi connectivity index (χ2n) is 7.96. The van der Waals surface area contributed by atoms with Crippen molar-refractivity contribution in [1.82, 2.24) is 15.1 Å². The second-order valence-corrected chi connectivity index (χ2v) is 7.96. The number of likely N-dealkylation sites (tertiary alicyclic amines) is 2. The minimum absolute atomic E-state index is 0.0444. The van der Waals surface area contributed by atoms with Crippen molar-refractivity contribution in [2.45, 2.75) is 58.8 Å². The first-order chi connectivity index (χ1) is 11.6. The molecule has 0 atom stereocenters. The van der Waals surface area contributed by atoms with Crippen molar-refractivity contribution >= 4 is 6.03 Å². The van der Waals surface area contributed by atoms with Crippen LogP contribution in [-0.2, 0) is 0 Å². The monoisotopic (exact) mass is 339 g/mol. The quantitative estimate of drug-likeness (QED) is 0.701. The Hall–Kier alpha value is -0.810. The van der Waals surface area contributed by atoms with Gasteiger partial charge in [0, 0.05) is 26.2 Å². The summed E-state index contributed by atoms with van der Waals surface area (Å²) < 4.78 is 0. The van der Waals surface area contributed by atoms with Crippen molar-refractivity contribution in [3.8, 4) is 0 Å². The van der Waals surface area contributed by atoms with Crippen LogP contribution in [0.25, 0.3) is 0 Å². The number of carbonyl (C=O) groups excluding carboxylic acids is 1. The predicted octanol–water partition coefficient (Wildman–Crippen LogP) is 2.69. The molecule has 0 aliphatic carbocycles. The van der Waals surface area contributed by atoms with Crippen LogP contribution in [0.1, 0.15) is 58.8 Å². The van der Waals surface area contributed by atoms with Gasteiger partial charge in [0.15, 0.2) is 0 Å². The van der Waals surface area contributed by atoms with E-state index in [9.17, 15) is 9.90 Å². The molecular weight excluding hydrogens is 302 g/mol. The topological polar surface area (TPSA) is 55.8 Å². The Bertz CT molecular complexity index is 367. The Balaban J connectivity index is 1.54. The summed E-state index contributed by atoms with van der Waals surface area (Å²) in [7, 11) is 0. The molecule has 0 aromatic carbocycles. The lowest BCUT2D eigenvalue weighted by atomic mass is 9.77. The molecule has 24 heavy (non-hydrogen) atoms. The maximum absolute atomic E-state index is 12.2. The molecular formula is C19H37N3O2. The molecule has 2 heterocycles. The number of hydrogen-bond donors (Lipinski definition) is 2. The van der Waals surface area contributed by atoms with Gasteiger partial charge in [-0.25, -0.2) is 4.79 Å². The van der Waals surface area contributed by atoms with Gasteiger partial charge in [0.25, 0.3) is 0 Å². The van der Waals surface area contributed by atoms with E-state index in [0.717, 1.165) is 57.7 Å². The molecule has 2 amide bonds. The van der Waals surface area contributed by atoms with Crippen molar-refractivity contribution in [2.24, 2.45) is 11.3 Å². The highest BCUT2D eigenvalue weighted by atomic mass is 16.3. The van der Waals surface area contributed by atoms with Crippen LogP contribution in [0.3, 0.4) is 0 Å². The number of piperidine rings is 2. The Morgan fingerprint density at radius 1 is 1.17 bits per heavy atom. The van der Waals surface area contributed by atoms with Crippen LogP contribution < -0.4 is 5.32 Å². The molecule has 5 nitrogen and oxygen atoms in total. The van der Waals surface area contributed by atoms with E-state index in [-0.39, 0.29) is 18.1 Å². The van der Waals surface area contributed by atoms with Gasteiger partial charge in [-0.15, -0.1) is 0 Å². The molecule has 2 rings (SSSR count). The van der Waals surface area contributed by atoms with Crippen LogP contribution >= 0.6 is 0 Å². The van der Waals surface area contributed by atoms with Gasteiger partial charge in [-0.05, 0) is 75.9 Å². The Morgan fingerprint density at radius 3 is 2.42 bits per heavy atom. The van der Waals surface area contributed by atoms with Crippen molar-refractivity contribution in [3.05, 3.63) is 0 Å². The summed E-state index contributed by atoms with van der Waals surface area (Å²) in [5.74, 6) is 0.891. The average Bonchev–Trinajstić information content (AvgIpc) is 2.63. The maximum Gasteiger partial charge on any atom is 0.317 e.